The van der Waals surface area contributed by atoms with Crippen LogP contribution in [-0.2, 0) is 10.0 Å². The molecule has 2 fully saturated rings. The van der Waals surface area contributed by atoms with E-state index in [1.807, 2.05) is 0 Å². The molecule has 3 rings (SSSR count). The Morgan fingerprint density at radius 1 is 1.30 bits per heavy atom. The molecule has 23 heavy (non-hydrogen) atoms. The van der Waals surface area contributed by atoms with E-state index in [0.29, 0.717) is 4.34 Å². The molecule has 5 nitrogen and oxygen atoms in total. The van der Waals surface area contributed by atoms with E-state index in [2.05, 4.69) is 10.0 Å². The quantitative estimate of drug-likeness (QED) is 0.798. The van der Waals surface area contributed by atoms with Gasteiger partial charge in [0.05, 0.1) is 9.88 Å². The average molecular weight is 373 g/mol. The molecule has 0 spiro atoms. The van der Waals surface area contributed by atoms with Crippen molar-refractivity contribution in [1.82, 2.24) is 10.0 Å². The first-order valence-electron chi connectivity index (χ1n) is 7.68. The van der Waals surface area contributed by atoms with Crippen LogP contribution < -0.4 is 10.0 Å². The SMILES string of the molecule is [B]C(=O)NC12CCCCC(CC1)C2NS(=O)(=O)c1ccc(Cl)s1. The fourth-order valence-corrected chi connectivity index (χ4v) is 6.86. The summed E-state index contributed by atoms with van der Waals surface area (Å²) < 4.78 is 28.8. The molecule has 2 aliphatic carbocycles. The minimum Gasteiger partial charge on any atom is -0.359 e. The monoisotopic (exact) mass is 372 g/mol. The van der Waals surface area contributed by atoms with Gasteiger partial charge in [0.2, 0.25) is 17.9 Å². The largest absolute Gasteiger partial charge is 0.359 e. The van der Waals surface area contributed by atoms with Gasteiger partial charge in [-0.25, -0.2) is 13.1 Å². The van der Waals surface area contributed by atoms with Crippen LogP contribution >= 0.6 is 22.9 Å². The predicted octanol–water partition coefficient (Wildman–Crippen LogP) is 2.65. The summed E-state index contributed by atoms with van der Waals surface area (Å²) in [5.41, 5.74) is -0.582. The van der Waals surface area contributed by atoms with Gasteiger partial charge in [0.15, 0.2) is 5.81 Å². The highest BCUT2D eigenvalue weighted by atomic mass is 35.5. The maximum absolute atomic E-state index is 12.7. The van der Waals surface area contributed by atoms with Crippen LogP contribution in [0.4, 0.5) is 4.79 Å². The van der Waals surface area contributed by atoms with E-state index in [4.69, 9.17) is 19.4 Å². The Morgan fingerprint density at radius 3 is 2.74 bits per heavy atom. The fraction of sp³-hybridized carbons (Fsp3) is 0.643. The Hall–Kier alpha value is -0.565. The van der Waals surface area contributed by atoms with Crippen LogP contribution in [0.1, 0.15) is 38.5 Å². The van der Waals surface area contributed by atoms with Crippen LogP contribution in [0.15, 0.2) is 16.3 Å². The lowest BCUT2D eigenvalue weighted by Crippen LogP contribution is -2.60. The lowest BCUT2D eigenvalue weighted by molar-refractivity contribution is 0.228. The van der Waals surface area contributed by atoms with Crippen molar-refractivity contribution in [3.8, 4) is 0 Å². The zero-order chi connectivity index (χ0) is 16.7. The number of carbonyl (C=O) groups excluding carboxylic acids is 1. The van der Waals surface area contributed by atoms with Crippen LogP contribution in [0.5, 0.6) is 0 Å². The van der Waals surface area contributed by atoms with Crippen molar-refractivity contribution in [2.75, 3.05) is 0 Å². The average Bonchev–Trinajstić information content (AvgIpc) is 2.95. The van der Waals surface area contributed by atoms with Gasteiger partial charge >= 0.3 is 0 Å². The van der Waals surface area contributed by atoms with Crippen LogP contribution in [0.2, 0.25) is 4.34 Å². The van der Waals surface area contributed by atoms with Gasteiger partial charge in [-0.1, -0.05) is 24.4 Å². The van der Waals surface area contributed by atoms with Crippen molar-refractivity contribution in [2.24, 2.45) is 5.92 Å². The van der Waals surface area contributed by atoms with Crippen LogP contribution in [0.25, 0.3) is 0 Å². The number of fused-ring (bicyclic) bond motifs is 2. The Morgan fingerprint density at radius 2 is 2.09 bits per heavy atom. The molecule has 2 saturated carbocycles. The molecule has 9 heteroatoms. The molecule has 1 amide bonds. The summed E-state index contributed by atoms with van der Waals surface area (Å²) in [6.07, 6.45) is 5.33. The summed E-state index contributed by atoms with van der Waals surface area (Å²) >= 11 is 6.88. The molecule has 1 aromatic heterocycles. The second-order valence-electron chi connectivity index (χ2n) is 6.35. The molecule has 1 heterocycles. The molecule has 1 aromatic rings. The van der Waals surface area contributed by atoms with Gasteiger partial charge in [-0.2, -0.15) is 0 Å². The molecule has 124 valence electrons. The number of rotatable bonds is 4. The van der Waals surface area contributed by atoms with Crippen LogP contribution in [0, 0.1) is 5.92 Å². The molecule has 0 aliphatic heterocycles. The standard InChI is InChI=1S/C14H18BClN2O3S2/c15-13(19)17-14-7-2-1-3-9(6-8-14)12(14)18-23(20,21)11-5-4-10(16)22-11/h4-5,9,12,18H,1-3,6-8H2,(H,17,19). The minimum absolute atomic E-state index is 0.195. The van der Waals surface area contributed by atoms with Crippen LogP contribution in [-0.4, -0.2) is 33.7 Å². The molecule has 0 aromatic carbocycles. The summed E-state index contributed by atoms with van der Waals surface area (Å²) in [4.78, 5) is 11.5. The number of nitrogens with one attached hydrogen (secondary N) is 2. The first-order chi connectivity index (χ1) is 10.8. The number of hydrogen-bond acceptors (Lipinski definition) is 4. The summed E-state index contributed by atoms with van der Waals surface area (Å²) in [5, 5.41) is 2.85. The second-order valence-corrected chi connectivity index (χ2v) is 10.0. The number of halogens is 1. The van der Waals surface area contributed by atoms with E-state index in [-0.39, 0.29) is 16.2 Å². The molecule has 3 unspecified atom stereocenters. The second kappa shape index (κ2) is 6.39. The normalized spacial score (nSPS) is 30.8. The Bertz CT molecular complexity index is 709. The third kappa shape index (κ3) is 3.45. The van der Waals surface area contributed by atoms with Gasteiger partial charge in [-0.05, 0) is 43.7 Å². The van der Waals surface area contributed by atoms with Crippen molar-refractivity contribution >= 4 is 46.6 Å². The van der Waals surface area contributed by atoms with E-state index in [1.165, 1.54) is 6.07 Å². The van der Waals surface area contributed by atoms with Gasteiger partial charge in [-0.3, -0.25) is 4.79 Å². The zero-order valence-electron chi connectivity index (χ0n) is 12.5. The summed E-state index contributed by atoms with van der Waals surface area (Å²) in [7, 11) is 1.69. The smallest absolute Gasteiger partial charge is 0.250 e. The first kappa shape index (κ1) is 17.3. The minimum atomic E-state index is -3.66. The van der Waals surface area contributed by atoms with Crippen molar-refractivity contribution in [2.45, 2.75) is 54.3 Å². The van der Waals surface area contributed by atoms with Gasteiger partial charge < -0.3 is 5.32 Å². The van der Waals surface area contributed by atoms with Gasteiger partial charge in [0.25, 0.3) is 0 Å². The Labute approximate surface area is 146 Å². The summed E-state index contributed by atoms with van der Waals surface area (Å²) in [5.74, 6) is -0.384. The predicted molar refractivity (Wildman–Crippen MR) is 91.6 cm³/mol. The van der Waals surface area contributed by atoms with E-state index < -0.39 is 21.4 Å². The molecule has 2 bridgehead atoms. The maximum atomic E-state index is 12.7. The third-order valence-electron chi connectivity index (χ3n) is 4.94. The molecule has 2 radical (unpaired) electrons. The first-order valence-corrected chi connectivity index (χ1v) is 10.4. The third-order valence-corrected chi connectivity index (χ3v) is 8.11. The van der Waals surface area contributed by atoms with Crippen molar-refractivity contribution < 1.29 is 13.2 Å². The van der Waals surface area contributed by atoms with Crippen molar-refractivity contribution in [3.05, 3.63) is 16.5 Å². The zero-order valence-corrected chi connectivity index (χ0v) is 14.9. The van der Waals surface area contributed by atoms with E-state index in [9.17, 15) is 13.2 Å². The Balaban J connectivity index is 1.91. The highest BCUT2D eigenvalue weighted by Gasteiger charge is 2.51. The maximum Gasteiger partial charge on any atom is 0.250 e. The topological polar surface area (TPSA) is 75.3 Å². The number of hydrogen-bond donors (Lipinski definition) is 2. The highest BCUT2D eigenvalue weighted by Crippen LogP contribution is 2.44. The fourth-order valence-electron chi connectivity index (χ4n) is 3.98. The van der Waals surface area contributed by atoms with Crippen molar-refractivity contribution in [1.29, 1.82) is 0 Å². The van der Waals surface area contributed by atoms with Gasteiger partial charge in [0, 0.05) is 6.04 Å². The molecule has 3 atom stereocenters. The van der Waals surface area contributed by atoms with E-state index >= 15 is 0 Å². The summed E-state index contributed by atoms with van der Waals surface area (Å²) in [6.45, 7) is 0. The van der Waals surface area contributed by atoms with E-state index in [0.717, 1.165) is 49.9 Å². The van der Waals surface area contributed by atoms with Crippen molar-refractivity contribution in [3.63, 3.8) is 0 Å². The molecule has 2 aliphatic rings. The molecular weight excluding hydrogens is 355 g/mol. The highest BCUT2D eigenvalue weighted by molar-refractivity contribution is 7.91. The van der Waals surface area contributed by atoms with Gasteiger partial charge in [0.1, 0.15) is 4.21 Å². The number of carbonyl (C=O) groups is 1. The molecule has 0 saturated heterocycles. The summed E-state index contributed by atoms with van der Waals surface area (Å²) in [6, 6.07) is 2.74. The molecule has 2 N–H and O–H groups in total. The Kier molecular flexibility index (Phi) is 4.79. The number of sulfonamides is 1. The number of thiophene rings is 1. The lowest BCUT2D eigenvalue weighted by atomic mass is 9.86. The number of amides is 1. The lowest BCUT2D eigenvalue weighted by Gasteiger charge is -2.37. The van der Waals surface area contributed by atoms with Gasteiger partial charge in [-0.15, -0.1) is 11.3 Å². The van der Waals surface area contributed by atoms with Crippen LogP contribution in [0.3, 0.4) is 0 Å². The molecular formula is C14H18BClN2O3S2. The van der Waals surface area contributed by atoms with E-state index in [1.54, 1.807) is 6.07 Å².